The maximum Gasteiger partial charge on any atom is 0.338 e. The Morgan fingerprint density at radius 1 is 1.41 bits per heavy atom. The third-order valence-electron chi connectivity index (χ3n) is 6.39. The molecule has 0 spiro atoms. The molecule has 2 aliphatic carbocycles. The number of cyclic esters (lactones) is 1. The van der Waals surface area contributed by atoms with Crippen LogP contribution >= 0.6 is 0 Å². The lowest BCUT2D eigenvalue weighted by Crippen LogP contribution is -2.46. The molecule has 3 heteroatoms. The Kier molecular flexibility index (Phi) is 4.44. The molecule has 0 saturated heterocycles. The van der Waals surface area contributed by atoms with Gasteiger partial charge in [0.1, 0.15) is 6.61 Å². The normalized spacial score (nSPS) is 42.1. The summed E-state index contributed by atoms with van der Waals surface area (Å²) in [7, 11) is 0. The lowest BCUT2D eigenvalue weighted by molar-refractivity contribution is -0.135. The molecular weight excluding hydrogens is 276 g/mol. The Balaban J connectivity index is 1.80. The van der Waals surface area contributed by atoms with Crippen LogP contribution in [0.1, 0.15) is 46.0 Å². The first-order valence-electron chi connectivity index (χ1n) is 8.71. The van der Waals surface area contributed by atoms with Gasteiger partial charge in [-0.3, -0.25) is 0 Å². The number of esters is 1. The second kappa shape index (κ2) is 6.19. The highest BCUT2D eigenvalue weighted by Gasteiger charge is 2.47. The van der Waals surface area contributed by atoms with Crippen molar-refractivity contribution in [1.29, 1.82) is 0 Å². The Morgan fingerprint density at radius 2 is 2.23 bits per heavy atom. The number of hydrogen-bond acceptors (Lipinski definition) is 3. The van der Waals surface area contributed by atoms with Crippen molar-refractivity contribution in [2.75, 3.05) is 13.2 Å². The van der Waals surface area contributed by atoms with Crippen LogP contribution in [0.5, 0.6) is 0 Å². The lowest BCUT2D eigenvalue weighted by atomic mass is 9.53. The molecule has 0 aromatic heterocycles. The molecule has 3 nitrogen and oxygen atoms in total. The van der Waals surface area contributed by atoms with Crippen LogP contribution in [0.15, 0.2) is 23.8 Å². The lowest BCUT2D eigenvalue weighted by Gasteiger charge is -2.52. The minimum absolute atomic E-state index is 0.0840. The van der Waals surface area contributed by atoms with E-state index in [0.717, 1.165) is 6.42 Å². The Bertz CT molecular complexity index is 493. The fourth-order valence-corrected chi connectivity index (χ4v) is 4.98. The first kappa shape index (κ1) is 15.8. The first-order chi connectivity index (χ1) is 10.5. The van der Waals surface area contributed by atoms with Crippen LogP contribution < -0.4 is 0 Å². The van der Waals surface area contributed by atoms with Crippen LogP contribution in [0.4, 0.5) is 0 Å². The molecule has 0 radical (unpaired) electrons. The molecule has 1 heterocycles. The summed E-state index contributed by atoms with van der Waals surface area (Å²) >= 11 is 0. The molecule has 1 aliphatic heterocycles. The Hall–Kier alpha value is -1.09. The van der Waals surface area contributed by atoms with Gasteiger partial charge in [0.15, 0.2) is 0 Å². The number of carbonyl (C=O) groups is 1. The molecule has 3 rings (SSSR count). The molecular formula is C19H28O3. The van der Waals surface area contributed by atoms with Crippen LogP contribution in [0.25, 0.3) is 0 Å². The molecule has 0 aromatic rings. The van der Waals surface area contributed by atoms with Gasteiger partial charge in [-0.25, -0.2) is 4.79 Å². The number of fused-ring (bicyclic) bond motifs is 1. The van der Waals surface area contributed by atoms with Crippen molar-refractivity contribution in [3.63, 3.8) is 0 Å². The van der Waals surface area contributed by atoms with Crippen LogP contribution in [-0.2, 0) is 9.53 Å². The van der Waals surface area contributed by atoms with Gasteiger partial charge < -0.3 is 9.84 Å². The van der Waals surface area contributed by atoms with Crippen LogP contribution in [0.3, 0.4) is 0 Å². The predicted molar refractivity (Wildman–Crippen MR) is 86.1 cm³/mol. The monoisotopic (exact) mass is 304 g/mol. The topological polar surface area (TPSA) is 46.5 Å². The van der Waals surface area contributed by atoms with E-state index in [1.165, 1.54) is 25.7 Å². The number of ether oxygens (including phenoxy) is 1. The molecule has 1 N–H and O–H groups in total. The van der Waals surface area contributed by atoms with Gasteiger partial charge in [0, 0.05) is 6.61 Å². The number of rotatable bonds is 3. The second-order valence-corrected chi connectivity index (χ2v) is 7.72. The van der Waals surface area contributed by atoms with Gasteiger partial charge >= 0.3 is 5.97 Å². The fourth-order valence-electron chi connectivity index (χ4n) is 4.98. The smallest absolute Gasteiger partial charge is 0.338 e. The molecule has 122 valence electrons. The average molecular weight is 304 g/mol. The molecule has 2 saturated carbocycles. The molecule has 2 fully saturated rings. The summed E-state index contributed by atoms with van der Waals surface area (Å²) in [6, 6.07) is 0. The zero-order valence-corrected chi connectivity index (χ0v) is 13.8. The minimum Gasteiger partial charge on any atom is -0.458 e. The predicted octanol–water partition coefficient (Wildman–Crippen LogP) is 3.49. The van der Waals surface area contributed by atoms with E-state index in [1.54, 1.807) is 0 Å². The summed E-state index contributed by atoms with van der Waals surface area (Å²) in [4.78, 5) is 11.6. The zero-order valence-electron chi connectivity index (χ0n) is 13.8. The second-order valence-electron chi connectivity index (χ2n) is 7.72. The van der Waals surface area contributed by atoms with E-state index < -0.39 is 0 Å². The van der Waals surface area contributed by atoms with E-state index in [9.17, 15) is 9.90 Å². The van der Waals surface area contributed by atoms with E-state index in [1.807, 2.05) is 12.2 Å². The molecule has 3 aliphatic rings. The van der Waals surface area contributed by atoms with E-state index in [4.69, 9.17) is 4.74 Å². The summed E-state index contributed by atoms with van der Waals surface area (Å²) in [5, 5.41) is 9.89. The molecule has 22 heavy (non-hydrogen) atoms. The maximum atomic E-state index is 11.6. The van der Waals surface area contributed by atoms with Crippen molar-refractivity contribution in [2.45, 2.75) is 46.0 Å². The number of hydrogen-bond donors (Lipinski definition) is 1. The van der Waals surface area contributed by atoms with E-state index in [-0.39, 0.29) is 11.4 Å². The summed E-state index contributed by atoms with van der Waals surface area (Å²) in [5.74, 6) is 2.22. The third kappa shape index (κ3) is 2.76. The highest BCUT2D eigenvalue weighted by Crippen LogP contribution is 2.54. The standard InChI is InChI=1S/C19H28O3/c1-13-5-8-17-16(4-3-10-19(17,2)12-20)15(13)7-6-14-9-11-22-18(14)21/h6-7,9,13,15-17,20H,3-5,8,10-12H2,1-2H3/b7-6+/t13?,15?,16?,17?,19-/m0/s1. The van der Waals surface area contributed by atoms with E-state index in [2.05, 4.69) is 19.9 Å². The summed E-state index contributed by atoms with van der Waals surface area (Å²) in [6.45, 7) is 5.30. The molecule has 0 aromatic carbocycles. The average Bonchev–Trinajstić information content (AvgIpc) is 2.92. The molecule has 0 bridgehead atoms. The SMILES string of the molecule is CC1CCC2C(CCC[C@@]2(C)CO)C1/C=C/C1=CCOC1=O. The van der Waals surface area contributed by atoms with Crippen molar-refractivity contribution in [3.8, 4) is 0 Å². The van der Waals surface area contributed by atoms with Crippen molar-refractivity contribution in [3.05, 3.63) is 23.8 Å². The van der Waals surface area contributed by atoms with Crippen molar-refractivity contribution in [2.24, 2.45) is 29.1 Å². The summed E-state index contributed by atoms with van der Waals surface area (Å²) in [6.07, 6.45) is 12.2. The maximum absolute atomic E-state index is 11.6. The van der Waals surface area contributed by atoms with Crippen molar-refractivity contribution in [1.82, 2.24) is 0 Å². The van der Waals surface area contributed by atoms with Gasteiger partial charge in [-0.15, -0.1) is 0 Å². The highest BCUT2D eigenvalue weighted by molar-refractivity contribution is 5.93. The van der Waals surface area contributed by atoms with Crippen LogP contribution in [-0.4, -0.2) is 24.3 Å². The fraction of sp³-hybridized carbons (Fsp3) is 0.737. The van der Waals surface area contributed by atoms with Gasteiger partial charge in [0.05, 0.1) is 5.57 Å². The number of aliphatic hydroxyl groups is 1. The highest BCUT2D eigenvalue weighted by atomic mass is 16.5. The van der Waals surface area contributed by atoms with Gasteiger partial charge in [-0.1, -0.05) is 32.4 Å². The van der Waals surface area contributed by atoms with E-state index in [0.29, 0.717) is 42.5 Å². The number of aliphatic hydroxyl groups excluding tert-OH is 1. The van der Waals surface area contributed by atoms with Gasteiger partial charge in [0.25, 0.3) is 0 Å². The molecule has 4 unspecified atom stereocenters. The van der Waals surface area contributed by atoms with Crippen LogP contribution in [0, 0.1) is 29.1 Å². The third-order valence-corrected chi connectivity index (χ3v) is 6.39. The molecule has 0 amide bonds. The van der Waals surface area contributed by atoms with Gasteiger partial charge in [-0.2, -0.15) is 0 Å². The van der Waals surface area contributed by atoms with Crippen molar-refractivity contribution < 1.29 is 14.6 Å². The largest absolute Gasteiger partial charge is 0.458 e. The van der Waals surface area contributed by atoms with Crippen molar-refractivity contribution >= 4 is 5.97 Å². The zero-order chi connectivity index (χ0) is 15.7. The number of allylic oxidation sites excluding steroid dienone is 1. The Labute approximate surface area is 133 Å². The number of carbonyl (C=O) groups excluding carboxylic acids is 1. The Morgan fingerprint density at radius 3 is 2.91 bits per heavy atom. The minimum atomic E-state index is -0.194. The summed E-state index contributed by atoms with van der Waals surface area (Å²) < 4.78 is 4.97. The van der Waals surface area contributed by atoms with E-state index >= 15 is 0 Å². The van der Waals surface area contributed by atoms with Crippen LogP contribution in [0.2, 0.25) is 0 Å². The van der Waals surface area contributed by atoms with Gasteiger partial charge in [0.2, 0.25) is 0 Å². The summed E-state index contributed by atoms with van der Waals surface area (Å²) in [5.41, 5.74) is 0.788. The quantitative estimate of drug-likeness (QED) is 0.812. The molecule has 5 atom stereocenters. The van der Waals surface area contributed by atoms with Gasteiger partial charge in [-0.05, 0) is 60.8 Å². The first-order valence-corrected chi connectivity index (χ1v) is 8.71.